The third-order valence-corrected chi connectivity index (χ3v) is 4.17. The third kappa shape index (κ3) is 12.2. The van der Waals surface area contributed by atoms with E-state index in [2.05, 4.69) is 6.92 Å². The van der Waals surface area contributed by atoms with Gasteiger partial charge in [0.25, 0.3) is 0 Å². The van der Waals surface area contributed by atoms with Crippen LogP contribution in [0, 0.1) is 0 Å². The molecule has 152 valence electrons. The van der Waals surface area contributed by atoms with Gasteiger partial charge in [0.05, 0.1) is 27.6 Å². The number of nitrogens with zero attached hydrogens (tertiary/aromatic N) is 1. The Hall–Kier alpha value is -1.88. The summed E-state index contributed by atoms with van der Waals surface area (Å²) in [6.45, 7) is 2.98. The Labute approximate surface area is 164 Å². The normalized spacial score (nSPS) is 12.4. The summed E-state index contributed by atoms with van der Waals surface area (Å²) in [5.74, 6) is -0.561. The number of hydrogen-bond acceptors (Lipinski definition) is 4. The Morgan fingerprint density at radius 2 is 1.63 bits per heavy atom. The SMILES string of the molecule is CCCCCCCC(=O)O[C@H](CC(=O)OCc1ccccc1)C[N+](C)(C)C. The van der Waals surface area contributed by atoms with Crippen LogP contribution >= 0.6 is 0 Å². The minimum absolute atomic E-state index is 0.0872. The van der Waals surface area contributed by atoms with Crippen molar-refractivity contribution in [1.29, 1.82) is 0 Å². The molecular formula is C22H36NO4+. The molecule has 0 heterocycles. The molecule has 0 spiro atoms. The lowest BCUT2D eigenvalue weighted by atomic mass is 10.1. The maximum absolute atomic E-state index is 12.2. The molecule has 5 heteroatoms. The number of carbonyl (C=O) groups is 2. The van der Waals surface area contributed by atoms with Gasteiger partial charge >= 0.3 is 11.9 Å². The number of quaternary nitrogens is 1. The highest BCUT2D eigenvalue weighted by Crippen LogP contribution is 2.11. The van der Waals surface area contributed by atoms with E-state index in [1.54, 1.807) is 0 Å². The van der Waals surface area contributed by atoms with E-state index in [0.717, 1.165) is 24.8 Å². The summed E-state index contributed by atoms with van der Waals surface area (Å²) < 4.78 is 11.6. The van der Waals surface area contributed by atoms with E-state index in [0.29, 0.717) is 17.4 Å². The molecule has 0 saturated carbocycles. The summed E-state index contributed by atoms with van der Waals surface area (Å²) in [5, 5.41) is 0. The number of benzene rings is 1. The van der Waals surface area contributed by atoms with Crippen LogP contribution in [0.5, 0.6) is 0 Å². The molecule has 0 fully saturated rings. The average molecular weight is 379 g/mol. The minimum atomic E-state index is -0.462. The van der Waals surface area contributed by atoms with E-state index in [1.165, 1.54) is 12.8 Å². The second-order valence-electron chi connectivity index (χ2n) is 8.10. The van der Waals surface area contributed by atoms with Crippen molar-refractivity contribution >= 4 is 11.9 Å². The predicted molar refractivity (Wildman–Crippen MR) is 107 cm³/mol. The maximum Gasteiger partial charge on any atom is 0.310 e. The van der Waals surface area contributed by atoms with Gasteiger partial charge in [0.1, 0.15) is 13.2 Å². The van der Waals surface area contributed by atoms with E-state index >= 15 is 0 Å². The number of unbranched alkanes of at least 4 members (excludes halogenated alkanes) is 4. The number of carbonyl (C=O) groups excluding carboxylic acids is 2. The van der Waals surface area contributed by atoms with Gasteiger partial charge in [-0.15, -0.1) is 0 Å². The van der Waals surface area contributed by atoms with Gasteiger partial charge in [-0.3, -0.25) is 9.59 Å². The quantitative estimate of drug-likeness (QED) is 0.295. The Morgan fingerprint density at radius 3 is 2.26 bits per heavy atom. The van der Waals surface area contributed by atoms with Gasteiger partial charge in [0.15, 0.2) is 6.10 Å². The summed E-state index contributed by atoms with van der Waals surface area (Å²) in [5.41, 5.74) is 0.943. The fourth-order valence-corrected chi connectivity index (χ4v) is 2.85. The van der Waals surface area contributed by atoms with Crippen LogP contribution < -0.4 is 0 Å². The summed E-state index contributed by atoms with van der Waals surface area (Å²) in [7, 11) is 6.04. The van der Waals surface area contributed by atoms with Crippen molar-refractivity contribution in [2.45, 2.75) is 64.6 Å². The predicted octanol–water partition coefficient (Wildman–Crippen LogP) is 4.10. The lowest BCUT2D eigenvalue weighted by molar-refractivity contribution is -0.873. The number of likely N-dealkylation sites (N-methyl/N-ethyl adjacent to an activating group) is 1. The molecular weight excluding hydrogens is 342 g/mol. The van der Waals surface area contributed by atoms with Crippen LogP contribution in [0.3, 0.4) is 0 Å². The van der Waals surface area contributed by atoms with Crippen LogP contribution in [-0.4, -0.2) is 50.2 Å². The first-order valence-corrected chi connectivity index (χ1v) is 9.99. The van der Waals surface area contributed by atoms with Crippen molar-refractivity contribution in [3.63, 3.8) is 0 Å². The molecule has 1 aromatic rings. The van der Waals surface area contributed by atoms with Crippen molar-refractivity contribution in [1.82, 2.24) is 0 Å². The van der Waals surface area contributed by atoms with Crippen molar-refractivity contribution in [2.75, 3.05) is 27.7 Å². The van der Waals surface area contributed by atoms with Crippen molar-refractivity contribution < 1.29 is 23.5 Å². The summed E-state index contributed by atoms with van der Waals surface area (Å²) in [6.07, 6.45) is 5.46. The third-order valence-electron chi connectivity index (χ3n) is 4.17. The molecule has 1 atom stereocenters. The minimum Gasteiger partial charge on any atom is -0.461 e. The molecule has 0 aromatic heterocycles. The Morgan fingerprint density at radius 1 is 0.963 bits per heavy atom. The van der Waals surface area contributed by atoms with E-state index in [-0.39, 0.29) is 25.0 Å². The zero-order chi connectivity index (χ0) is 20.1. The van der Waals surface area contributed by atoms with Gasteiger partial charge in [0, 0.05) is 6.42 Å². The number of esters is 2. The van der Waals surface area contributed by atoms with Gasteiger partial charge in [-0.05, 0) is 12.0 Å². The van der Waals surface area contributed by atoms with Crippen LogP contribution in [0.25, 0.3) is 0 Å². The Kier molecular flexibility index (Phi) is 10.7. The van der Waals surface area contributed by atoms with Crippen LogP contribution in [0.1, 0.15) is 57.4 Å². The van der Waals surface area contributed by atoms with Gasteiger partial charge in [-0.2, -0.15) is 0 Å². The first-order chi connectivity index (χ1) is 12.8. The molecule has 0 unspecified atom stereocenters. The Balaban J connectivity index is 2.45. The molecule has 5 nitrogen and oxygen atoms in total. The molecule has 0 aliphatic heterocycles. The van der Waals surface area contributed by atoms with Gasteiger partial charge in [-0.1, -0.05) is 62.9 Å². The molecule has 0 radical (unpaired) electrons. The smallest absolute Gasteiger partial charge is 0.310 e. The van der Waals surface area contributed by atoms with Gasteiger partial charge in [0.2, 0.25) is 0 Å². The molecule has 1 aromatic carbocycles. The fraction of sp³-hybridized carbons (Fsp3) is 0.636. The number of hydrogen-bond donors (Lipinski definition) is 0. The lowest BCUT2D eigenvalue weighted by Crippen LogP contribution is -2.44. The second-order valence-corrected chi connectivity index (χ2v) is 8.10. The zero-order valence-electron chi connectivity index (χ0n) is 17.4. The second kappa shape index (κ2) is 12.5. The van der Waals surface area contributed by atoms with Crippen LogP contribution in [0.15, 0.2) is 30.3 Å². The molecule has 0 saturated heterocycles. The van der Waals surface area contributed by atoms with Crippen LogP contribution in [0.2, 0.25) is 0 Å². The molecule has 0 bridgehead atoms. The number of rotatable bonds is 13. The molecule has 0 aliphatic rings. The molecule has 0 N–H and O–H groups in total. The monoisotopic (exact) mass is 378 g/mol. The lowest BCUT2D eigenvalue weighted by Gasteiger charge is -2.28. The van der Waals surface area contributed by atoms with Gasteiger partial charge in [-0.25, -0.2) is 0 Å². The van der Waals surface area contributed by atoms with Crippen molar-refractivity contribution in [3.8, 4) is 0 Å². The molecule has 27 heavy (non-hydrogen) atoms. The van der Waals surface area contributed by atoms with E-state index in [9.17, 15) is 9.59 Å². The first kappa shape index (κ1) is 23.2. The fourth-order valence-electron chi connectivity index (χ4n) is 2.85. The highest BCUT2D eigenvalue weighted by Gasteiger charge is 2.25. The summed E-state index contributed by atoms with van der Waals surface area (Å²) >= 11 is 0. The zero-order valence-corrected chi connectivity index (χ0v) is 17.4. The first-order valence-electron chi connectivity index (χ1n) is 9.99. The summed E-state index contributed by atoms with van der Waals surface area (Å²) in [4.78, 5) is 24.4. The highest BCUT2D eigenvalue weighted by molar-refractivity contribution is 5.72. The molecule has 0 amide bonds. The van der Waals surface area contributed by atoms with Crippen molar-refractivity contribution in [3.05, 3.63) is 35.9 Å². The topological polar surface area (TPSA) is 52.6 Å². The van der Waals surface area contributed by atoms with Gasteiger partial charge < -0.3 is 14.0 Å². The summed E-state index contributed by atoms with van der Waals surface area (Å²) in [6, 6.07) is 9.56. The maximum atomic E-state index is 12.2. The van der Waals surface area contributed by atoms with Crippen molar-refractivity contribution in [2.24, 2.45) is 0 Å². The average Bonchev–Trinajstić information content (AvgIpc) is 2.59. The standard InChI is InChI=1S/C22H36NO4/c1-5-6-7-8-12-15-21(24)27-20(17-23(2,3)4)16-22(25)26-18-19-13-10-9-11-14-19/h9-11,13-14,20H,5-8,12,15-18H2,1-4H3/q+1/t20-/m1/s1. The van der Waals surface area contributed by atoms with E-state index in [1.807, 2.05) is 51.5 Å². The largest absolute Gasteiger partial charge is 0.461 e. The van der Waals surface area contributed by atoms with E-state index < -0.39 is 6.10 Å². The van der Waals surface area contributed by atoms with Crippen LogP contribution in [-0.2, 0) is 25.7 Å². The molecule has 0 aliphatic carbocycles. The molecule has 1 rings (SSSR count). The highest BCUT2D eigenvalue weighted by atomic mass is 16.6. The Bertz CT molecular complexity index is 551. The van der Waals surface area contributed by atoms with E-state index in [4.69, 9.17) is 9.47 Å². The van der Waals surface area contributed by atoms with Crippen LogP contribution in [0.4, 0.5) is 0 Å². The number of ether oxygens (including phenoxy) is 2.